The molecule has 1 aromatic heterocycles. The molecule has 2 rings (SSSR count). The van der Waals surface area contributed by atoms with E-state index in [2.05, 4.69) is 44.2 Å². The van der Waals surface area contributed by atoms with Gasteiger partial charge in [0.25, 0.3) is 0 Å². The summed E-state index contributed by atoms with van der Waals surface area (Å²) in [6.45, 7) is 4.51. The zero-order valence-corrected chi connectivity index (χ0v) is 13.1. The van der Waals surface area contributed by atoms with Crippen LogP contribution in [-0.2, 0) is 6.54 Å². The first-order valence-electron chi connectivity index (χ1n) is 6.24. The van der Waals surface area contributed by atoms with Gasteiger partial charge in [-0.2, -0.15) is 0 Å². The quantitative estimate of drug-likeness (QED) is 0.858. The fraction of sp³-hybridized carbons (Fsp3) is 0.615. The molecule has 102 valence electrons. The van der Waals surface area contributed by atoms with Crippen LogP contribution in [0.15, 0.2) is 22.9 Å². The Morgan fingerprint density at radius 3 is 2.94 bits per heavy atom. The molecule has 0 radical (unpaired) electrons. The Hall–Kier alpha value is -0.160. The van der Waals surface area contributed by atoms with Crippen LogP contribution in [0.25, 0.3) is 0 Å². The van der Waals surface area contributed by atoms with Gasteiger partial charge in [0.2, 0.25) is 0 Å². The Bertz CT molecular complexity index is 339. The molecule has 0 aromatic carbocycles. The van der Waals surface area contributed by atoms with E-state index in [0.29, 0.717) is 0 Å². The van der Waals surface area contributed by atoms with Gasteiger partial charge in [0.15, 0.2) is 0 Å². The third-order valence-corrected chi connectivity index (χ3v) is 3.68. The van der Waals surface area contributed by atoms with Crippen molar-refractivity contribution in [2.75, 3.05) is 26.7 Å². The monoisotopic (exact) mass is 333 g/mol. The standard InChI is InChI=1S/C13H20BrN3.ClH/c1-17(9-11-3-2-6-15-7-11)10-12-4-5-13(14)16-8-12;/h4-5,8,11,15H,2-3,6-7,9-10H2,1H3;1H. The molecule has 0 spiro atoms. The summed E-state index contributed by atoms with van der Waals surface area (Å²) in [6.07, 6.45) is 4.62. The average Bonchev–Trinajstić information content (AvgIpc) is 2.33. The molecule has 1 aliphatic heterocycles. The van der Waals surface area contributed by atoms with Gasteiger partial charge in [-0.05, 0) is 66.5 Å². The second kappa shape index (κ2) is 8.10. The highest BCUT2D eigenvalue weighted by Gasteiger charge is 2.14. The molecule has 18 heavy (non-hydrogen) atoms. The number of piperidine rings is 1. The van der Waals surface area contributed by atoms with Gasteiger partial charge in [-0.3, -0.25) is 0 Å². The molecule has 2 heterocycles. The normalized spacial score (nSPS) is 19.6. The van der Waals surface area contributed by atoms with E-state index < -0.39 is 0 Å². The lowest BCUT2D eigenvalue weighted by Crippen LogP contribution is -2.36. The number of hydrogen-bond donors (Lipinski definition) is 1. The molecule has 0 amide bonds. The van der Waals surface area contributed by atoms with Crippen molar-refractivity contribution in [1.82, 2.24) is 15.2 Å². The minimum atomic E-state index is 0. The molecule has 1 aliphatic rings. The Morgan fingerprint density at radius 2 is 2.33 bits per heavy atom. The lowest BCUT2D eigenvalue weighted by atomic mass is 9.99. The number of hydrogen-bond acceptors (Lipinski definition) is 3. The predicted molar refractivity (Wildman–Crippen MR) is 81.1 cm³/mol. The molecule has 1 atom stereocenters. The summed E-state index contributed by atoms with van der Waals surface area (Å²) in [5, 5.41) is 3.47. The minimum Gasteiger partial charge on any atom is -0.316 e. The van der Waals surface area contributed by atoms with Gasteiger partial charge in [0, 0.05) is 19.3 Å². The lowest BCUT2D eigenvalue weighted by Gasteiger charge is -2.27. The summed E-state index contributed by atoms with van der Waals surface area (Å²) in [6, 6.07) is 4.14. The van der Waals surface area contributed by atoms with Crippen molar-refractivity contribution in [3.63, 3.8) is 0 Å². The van der Waals surface area contributed by atoms with Gasteiger partial charge >= 0.3 is 0 Å². The van der Waals surface area contributed by atoms with E-state index >= 15 is 0 Å². The van der Waals surface area contributed by atoms with Gasteiger partial charge in [-0.1, -0.05) is 6.07 Å². The van der Waals surface area contributed by atoms with E-state index in [1.165, 1.54) is 38.0 Å². The van der Waals surface area contributed by atoms with Crippen LogP contribution in [0.5, 0.6) is 0 Å². The molecular formula is C13H21BrClN3. The Balaban J connectivity index is 0.00000162. The first-order chi connectivity index (χ1) is 8.24. The van der Waals surface area contributed by atoms with E-state index in [1.807, 2.05) is 12.3 Å². The number of nitrogens with zero attached hydrogens (tertiary/aromatic N) is 2. The van der Waals surface area contributed by atoms with Gasteiger partial charge < -0.3 is 10.2 Å². The van der Waals surface area contributed by atoms with Crippen LogP contribution < -0.4 is 5.32 Å². The highest BCUT2D eigenvalue weighted by atomic mass is 79.9. The molecule has 1 fully saturated rings. The second-order valence-corrected chi connectivity index (χ2v) is 5.71. The summed E-state index contributed by atoms with van der Waals surface area (Å²) in [5.74, 6) is 0.803. The van der Waals surface area contributed by atoms with Crippen molar-refractivity contribution in [2.24, 2.45) is 5.92 Å². The Morgan fingerprint density at radius 1 is 1.50 bits per heavy atom. The zero-order chi connectivity index (χ0) is 12.1. The number of aromatic nitrogens is 1. The Labute approximate surface area is 124 Å². The van der Waals surface area contributed by atoms with Gasteiger partial charge in [0.1, 0.15) is 4.60 Å². The third kappa shape index (κ3) is 5.22. The summed E-state index contributed by atoms with van der Waals surface area (Å²) in [7, 11) is 2.19. The topological polar surface area (TPSA) is 28.2 Å². The van der Waals surface area contributed by atoms with E-state index in [-0.39, 0.29) is 12.4 Å². The molecule has 0 bridgehead atoms. The maximum atomic E-state index is 4.26. The fourth-order valence-electron chi connectivity index (χ4n) is 2.40. The van der Waals surface area contributed by atoms with Gasteiger partial charge in [0.05, 0.1) is 0 Å². The van der Waals surface area contributed by atoms with Crippen molar-refractivity contribution in [3.8, 4) is 0 Å². The van der Waals surface area contributed by atoms with E-state index in [1.54, 1.807) is 0 Å². The van der Waals surface area contributed by atoms with Crippen LogP contribution in [0, 0.1) is 5.92 Å². The fourth-order valence-corrected chi connectivity index (χ4v) is 2.63. The van der Waals surface area contributed by atoms with Crippen molar-refractivity contribution in [2.45, 2.75) is 19.4 Å². The molecular weight excluding hydrogens is 314 g/mol. The third-order valence-electron chi connectivity index (χ3n) is 3.21. The zero-order valence-electron chi connectivity index (χ0n) is 10.7. The van der Waals surface area contributed by atoms with Gasteiger partial charge in [-0.25, -0.2) is 4.98 Å². The summed E-state index contributed by atoms with van der Waals surface area (Å²) in [5.41, 5.74) is 1.28. The molecule has 1 saturated heterocycles. The molecule has 1 N–H and O–H groups in total. The molecule has 1 unspecified atom stereocenters. The molecule has 0 saturated carbocycles. The molecule has 0 aliphatic carbocycles. The first-order valence-corrected chi connectivity index (χ1v) is 7.03. The largest absolute Gasteiger partial charge is 0.316 e. The molecule has 1 aromatic rings. The second-order valence-electron chi connectivity index (χ2n) is 4.90. The lowest BCUT2D eigenvalue weighted by molar-refractivity contribution is 0.237. The van der Waals surface area contributed by atoms with Crippen LogP contribution in [-0.4, -0.2) is 36.6 Å². The number of pyridine rings is 1. The first kappa shape index (κ1) is 15.9. The summed E-state index contributed by atoms with van der Waals surface area (Å²) in [4.78, 5) is 6.65. The highest BCUT2D eigenvalue weighted by Crippen LogP contribution is 2.13. The summed E-state index contributed by atoms with van der Waals surface area (Å²) < 4.78 is 0.903. The Kier molecular flexibility index (Phi) is 7.15. The predicted octanol–water partition coefficient (Wildman–Crippen LogP) is 2.70. The number of halogens is 2. The SMILES string of the molecule is CN(Cc1ccc(Br)nc1)CC1CCCNC1.Cl. The average molecular weight is 335 g/mol. The van der Waals surface area contributed by atoms with E-state index in [4.69, 9.17) is 0 Å². The van der Waals surface area contributed by atoms with Crippen molar-refractivity contribution in [3.05, 3.63) is 28.5 Å². The molecule has 3 nitrogen and oxygen atoms in total. The van der Waals surface area contributed by atoms with Crippen molar-refractivity contribution in [1.29, 1.82) is 0 Å². The van der Waals surface area contributed by atoms with Crippen LogP contribution in [0.1, 0.15) is 18.4 Å². The summed E-state index contributed by atoms with van der Waals surface area (Å²) >= 11 is 3.36. The maximum absolute atomic E-state index is 4.26. The van der Waals surface area contributed by atoms with Crippen LogP contribution in [0.2, 0.25) is 0 Å². The van der Waals surface area contributed by atoms with Crippen molar-refractivity contribution >= 4 is 28.3 Å². The van der Waals surface area contributed by atoms with Crippen LogP contribution >= 0.6 is 28.3 Å². The van der Waals surface area contributed by atoms with E-state index in [0.717, 1.165) is 17.1 Å². The maximum Gasteiger partial charge on any atom is 0.106 e. The minimum absolute atomic E-state index is 0. The number of rotatable bonds is 4. The highest BCUT2D eigenvalue weighted by molar-refractivity contribution is 9.10. The van der Waals surface area contributed by atoms with Crippen molar-refractivity contribution < 1.29 is 0 Å². The molecule has 5 heteroatoms. The van der Waals surface area contributed by atoms with Crippen LogP contribution in [0.4, 0.5) is 0 Å². The number of nitrogens with one attached hydrogen (secondary N) is 1. The smallest absolute Gasteiger partial charge is 0.106 e. The van der Waals surface area contributed by atoms with Crippen LogP contribution in [0.3, 0.4) is 0 Å². The van der Waals surface area contributed by atoms with Gasteiger partial charge in [-0.15, -0.1) is 12.4 Å². The van der Waals surface area contributed by atoms with E-state index in [9.17, 15) is 0 Å².